The number of nitrogens with zero attached hydrogens (tertiary/aromatic N) is 2. The Morgan fingerprint density at radius 3 is 2.94 bits per heavy atom. The molecule has 2 heterocycles. The van der Waals surface area contributed by atoms with Crippen LogP contribution in [0.5, 0.6) is 0 Å². The van der Waals surface area contributed by atoms with Gasteiger partial charge in [-0.15, -0.1) is 0 Å². The summed E-state index contributed by atoms with van der Waals surface area (Å²) in [7, 11) is 0. The summed E-state index contributed by atoms with van der Waals surface area (Å²) in [5.74, 6) is 0.139. The molecule has 0 saturated carbocycles. The van der Waals surface area contributed by atoms with Gasteiger partial charge in [-0.1, -0.05) is 27.5 Å². The van der Waals surface area contributed by atoms with E-state index in [-0.39, 0.29) is 11.1 Å². The van der Waals surface area contributed by atoms with Gasteiger partial charge in [0.2, 0.25) is 5.95 Å². The molecule has 0 aliphatic carbocycles. The molecule has 2 N–H and O–H groups in total. The molecule has 6 heteroatoms. The molecule has 4 nitrogen and oxygen atoms in total. The molecule has 0 aliphatic rings. The molecule has 2 aromatic heterocycles. The smallest absolute Gasteiger partial charge is 0.222 e. The molecule has 0 spiro atoms. The highest BCUT2D eigenvalue weighted by Crippen LogP contribution is 2.32. The van der Waals surface area contributed by atoms with E-state index in [1.807, 2.05) is 18.2 Å². The van der Waals surface area contributed by atoms with Gasteiger partial charge in [-0.05, 0) is 18.2 Å². The number of anilines is 1. The van der Waals surface area contributed by atoms with Gasteiger partial charge in [0, 0.05) is 9.86 Å². The monoisotopic (exact) mass is 297 g/mol. The second-order valence-electron chi connectivity index (χ2n) is 3.29. The average molecular weight is 299 g/mol. The predicted molar refractivity (Wildman–Crippen MR) is 66.4 cm³/mol. The average Bonchev–Trinajstić information content (AvgIpc) is 2.57. The molecule has 0 saturated heterocycles. The Kier molecular flexibility index (Phi) is 2.05. The third-order valence-corrected chi connectivity index (χ3v) is 3.00. The number of nitrogens with two attached hydrogens (primary N) is 1. The van der Waals surface area contributed by atoms with Crippen LogP contribution in [0.25, 0.3) is 22.1 Å². The van der Waals surface area contributed by atoms with E-state index >= 15 is 0 Å². The van der Waals surface area contributed by atoms with Gasteiger partial charge >= 0.3 is 0 Å². The molecule has 0 aliphatic heterocycles. The van der Waals surface area contributed by atoms with Crippen molar-refractivity contribution < 1.29 is 4.42 Å². The highest BCUT2D eigenvalue weighted by molar-refractivity contribution is 9.10. The largest absolute Gasteiger partial charge is 0.451 e. The van der Waals surface area contributed by atoms with Crippen molar-refractivity contribution in [2.45, 2.75) is 0 Å². The van der Waals surface area contributed by atoms with E-state index < -0.39 is 0 Å². The van der Waals surface area contributed by atoms with Gasteiger partial charge < -0.3 is 10.2 Å². The first-order chi connectivity index (χ1) is 7.65. The van der Waals surface area contributed by atoms with Crippen LogP contribution >= 0.6 is 27.5 Å². The van der Waals surface area contributed by atoms with Crippen molar-refractivity contribution in [1.29, 1.82) is 0 Å². The molecule has 3 aromatic rings. The number of halogens is 2. The summed E-state index contributed by atoms with van der Waals surface area (Å²) >= 11 is 9.33. The summed E-state index contributed by atoms with van der Waals surface area (Å²) in [6.07, 6.45) is 0. The number of benzene rings is 1. The number of aromatic nitrogens is 2. The van der Waals surface area contributed by atoms with Crippen molar-refractivity contribution in [1.82, 2.24) is 9.97 Å². The van der Waals surface area contributed by atoms with Crippen molar-refractivity contribution in [3.05, 3.63) is 27.8 Å². The van der Waals surface area contributed by atoms with Crippen molar-refractivity contribution in [2.24, 2.45) is 0 Å². The molecular formula is C10H5BrClN3O. The standard InChI is InChI=1S/C10H5BrClN3O/c11-4-1-2-6-5(3-4)7-8(16-6)9(12)15-10(13)14-7/h1-3H,(H2,13,14,15). The Hall–Kier alpha value is -1.33. The highest BCUT2D eigenvalue weighted by atomic mass is 79.9. The summed E-state index contributed by atoms with van der Waals surface area (Å²) in [6.45, 7) is 0. The highest BCUT2D eigenvalue weighted by Gasteiger charge is 2.13. The Labute approximate surface area is 104 Å². The minimum absolute atomic E-state index is 0.139. The van der Waals surface area contributed by atoms with Gasteiger partial charge in [0.25, 0.3) is 0 Å². The Balaban J connectivity index is 2.57. The molecule has 0 amide bonds. The van der Waals surface area contributed by atoms with Crippen molar-refractivity contribution >= 4 is 55.5 Å². The van der Waals surface area contributed by atoms with Crippen LogP contribution in [0.4, 0.5) is 5.95 Å². The maximum Gasteiger partial charge on any atom is 0.222 e. The second-order valence-corrected chi connectivity index (χ2v) is 4.57. The fourth-order valence-electron chi connectivity index (χ4n) is 1.60. The normalized spacial score (nSPS) is 11.4. The SMILES string of the molecule is Nc1nc(Cl)c2oc3ccc(Br)cc3c2n1. The molecule has 16 heavy (non-hydrogen) atoms. The molecule has 3 rings (SSSR count). The first kappa shape index (κ1) is 9.86. The lowest BCUT2D eigenvalue weighted by Crippen LogP contribution is -1.94. The van der Waals surface area contributed by atoms with Gasteiger partial charge in [-0.3, -0.25) is 0 Å². The molecule has 1 aromatic carbocycles. The fourth-order valence-corrected chi connectivity index (χ4v) is 2.17. The molecule has 0 unspecified atom stereocenters. The first-order valence-corrected chi connectivity index (χ1v) is 5.63. The van der Waals surface area contributed by atoms with E-state index in [1.165, 1.54) is 0 Å². The minimum Gasteiger partial charge on any atom is -0.451 e. The Bertz CT molecular complexity index is 710. The minimum atomic E-state index is 0.139. The van der Waals surface area contributed by atoms with Crippen LogP contribution in [-0.2, 0) is 0 Å². The summed E-state index contributed by atoms with van der Waals surface area (Å²) in [4.78, 5) is 7.98. The second kappa shape index (κ2) is 3.33. The van der Waals surface area contributed by atoms with Crippen molar-refractivity contribution in [2.75, 3.05) is 5.73 Å². The lowest BCUT2D eigenvalue weighted by atomic mass is 10.2. The van der Waals surface area contributed by atoms with E-state index in [2.05, 4.69) is 25.9 Å². The Morgan fingerprint density at radius 2 is 2.12 bits per heavy atom. The summed E-state index contributed by atoms with van der Waals surface area (Å²) in [5, 5.41) is 1.09. The topological polar surface area (TPSA) is 64.9 Å². The van der Waals surface area contributed by atoms with Crippen molar-refractivity contribution in [3.63, 3.8) is 0 Å². The summed E-state index contributed by atoms with van der Waals surface area (Å²) in [6, 6.07) is 5.63. The molecule has 80 valence electrons. The van der Waals surface area contributed by atoms with Crippen LogP contribution in [0, 0.1) is 0 Å². The number of furan rings is 1. The van der Waals surface area contributed by atoms with Gasteiger partial charge in [-0.25, -0.2) is 4.98 Å². The Morgan fingerprint density at radius 1 is 1.31 bits per heavy atom. The molecular weight excluding hydrogens is 293 g/mol. The summed E-state index contributed by atoms with van der Waals surface area (Å²) < 4.78 is 6.50. The zero-order chi connectivity index (χ0) is 11.3. The third kappa shape index (κ3) is 1.36. The van der Waals surface area contributed by atoms with E-state index in [4.69, 9.17) is 21.8 Å². The van der Waals surface area contributed by atoms with Crippen LogP contribution in [0.2, 0.25) is 5.15 Å². The van der Waals surface area contributed by atoms with Gasteiger partial charge in [0.05, 0.1) is 0 Å². The van der Waals surface area contributed by atoms with E-state index in [0.717, 1.165) is 9.86 Å². The first-order valence-electron chi connectivity index (χ1n) is 4.46. The maximum absolute atomic E-state index is 5.94. The van der Waals surface area contributed by atoms with Gasteiger partial charge in [-0.2, -0.15) is 4.98 Å². The maximum atomic E-state index is 5.94. The number of hydrogen-bond acceptors (Lipinski definition) is 4. The van der Waals surface area contributed by atoms with Gasteiger partial charge in [0.15, 0.2) is 10.7 Å². The van der Waals surface area contributed by atoms with E-state index in [9.17, 15) is 0 Å². The molecule has 0 fully saturated rings. The van der Waals surface area contributed by atoms with Crippen LogP contribution in [0.3, 0.4) is 0 Å². The van der Waals surface area contributed by atoms with Crippen molar-refractivity contribution in [3.8, 4) is 0 Å². The quantitative estimate of drug-likeness (QED) is 0.646. The zero-order valence-electron chi connectivity index (χ0n) is 7.87. The number of hydrogen-bond donors (Lipinski definition) is 1. The number of fused-ring (bicyclic) bond motifs is 3. The van der Waals surface area contributed by atoms with Crippen LogP contribution in [-0.4, -0.2) is 9.97 Å². The van der Waals surface area contributed by atoms with Crippen LogP contribution in [0.1, 0.15) is 0 Å². The number of rotatable bonds is 0. The third-order valence-electron chi connectivity index (χ3n) is 2.25. The zero-order valence-corrected chi connectivity index (χ0v) is 10.2. The van der Waals surface area contributed by atoms with Crippen LogP contribution in [0.15, 0.2) is 27.1 Å². The molecule has 0 radical (unpaired) electrons. The summed E-state index contributed by atoms with van der Waals surface area (Å²) in [5.41, 5.74) is 7.36. The van der Waals surface area contributed by atoms with Gasteiger partial charge in [0.1, 0.15) is 11.1 Å². The van der Waals surface area contributed by atoms with E-state index in [0.29, 0.717) is 16.7 Å². The lowest BCUT2D eigenvalue weighted by molar-refractivity contribution is 0.666. The lowest BCUT2D eigenvalue weighted by Gasteiger charge is -1.93. The van der Waals surface area contributed by atoms with Crippen LogP contribution < -0.4 is 5.73 Å². The molecule has 0 bridgehead atoms. The van der Waals surface area contributed by atoms with E-state index in [1.54, 1.807) is 0 Å². The molecule has 0 atom stereocenters. The number of nitrogen functional groups attached to an aromatic ring is 1. The fraction of sp³-hybridized carbons (Fsp3) is 0. The predicted octanol–water partition coefficient (Wildman–Crippen LogP) is 3.37.